The van der Waals surface area contributed by atoms with Gasteiger partial charge in [-0.25, -0.2) is 9.40 Å². The number of halogens is 2. The zero-order valence-corrected chi connectivity index (χ0v) is 18.4. The highest BCUT2D eigenvalue weighted by Gasteiger charge is 2.33. The van der Waals surface area contributed by atoms with Crippen LogP contribution in [0.3, 0.4) is 0 Å². The van der Waals surface area contributed by atoms with E-state index in [-0.39, 0.29) is 23.5 Å². The lowest BCUT2D eigenvalue weighted by Gasteiger charge is -2.22. The zero-order chi connectivity index (χ0) is 21.8. The van der Waals surface area contributed by atoms with Gasteiger partial charge in [0.1, 0.15) is 11.6 Å². The summed E-state index contributed by atoms with van der Waals surface area (Å²) in [5, 5.41) is 6.83. The van der Waals surface area contributed by atoms with Crippen LogP contribution in [0.1, 0.15) is 23.6 Å². The van der Waals surface area contributed by atoms with Crippen LogP contribution in [0.5, 0.6) is 5.75 Å². The van der Waals surface area contributed by atoms with Crippen molar-refractivity contribution >= 4 is 35.0 Å². The molecule has 1 atom stereocenters. The first-order valence-electron chi connectivity index (χ1n) is 9.71. The molecular weight excluding hydrogens is 435 g/mol. The van der Waals surface area contributed by atoms with Gasteiger partial charge in [-0.05, 0) is 71.8 Å². The lowest BCUT2D eigenvalue weighted by atomic mass is 9.98. The maximum absolute atomic E-state index is 13.4. The van der Waals surface area contributed by atoms with Gasteiger partial charge in [0, 0.05) is 16.3 Å². The number of rotatable bonds is 6. The predicted octanol–water partition coefficient (Wildman–Crippen LogP) is 5.96. The Labute approximate surface area is 189 Å². The number of methoxy groups -OCH3 is 1. The molecule has 0 bridgehead atoms. The second-order valence-corrected chi connectivity index (χ2v) is 8.51. The van der Waals surface area contributed by atoms with Crippen molar-refractivity contribution in [3.63, 3.8) is 0 Å². The second kappa shape index (κ2) is 9.54. The van der Waals surface area contributed by atoms with Gasteiger partial charge in [-0.2, -0.15) is 5.10 Å². The first kappa shape index (κ1) is 21.4. The fraction of sp³-hybridized carbons (Fsp3) is 0.167. The van der Waals surface area contributed by atoms with Crippen LogP contribution in [0.15, 0.2) is 82.8 Å². The molecule has 0 unspecified atom stereocenters. The summed E-state index contributed by atoms with van der Waals surface area (Å²) in [5.74, 6) is 0.565. The molecular formula is C24H20ClFN2O2S. The van der Waals surface area contributed by atoms with Gasteiger partial charge in [-0.3, -0.25) is 4.79 Å². The van der Waals surface area contributed by atoms with Crippen LogP contribution in [0, 0.1) is 5.82 Å². The number of nitrogens with zero attached hydrogens (tertiary/aromatic N) is 2. The van der Waals surface area contributed by atoms with Crippen molar-refractivity contribution in [1.29, 1.82) is 0 Å². The summed E-state index contributed by atoms with van der Waals surface area (Å²) in [5.41, 5.74) is 2.58. The molecule has 4 nitrogen and oxygen atoms in total. The number of carbonyl (C=O) groups excluding carboxylic acids is 1. The number of hydrogen-bond acceptors (Lipinski definition) is 4. The van der Waals surface area contributed by atoms with E-state index in [4.69, 9.17) is 16.3 Å². The lowest BCUT2D eigenvalue weighted by molar-refractivity contribution is -0.130. The summed E-state index contributed by atoms with van der Waals surface area (Å²) in [6.07, 6.45) is 0.551. The third kappa shape index (κ3) is 5.09. The average Bonchev–Trinajstić information content (AvgIpc) is 3.24. The Balaban J connectivity index is 1.57. The number of benzene rings is 3. The molecule has 0 fully saturated rings. The monoisotopic (exact) mass is 454 g/mol. The van der Waals surface area contributed by atoms with Crippen molar-refractivity contribution in [2.45, 2.75) is 17.4 Å². The number of hydrogen-bond donors (Lipinski definition) is 0. The third-order valence-corrected chi connectivity index (χ3v) is 6.27. The molecule has 1 aliphatic heterocycles. The number of ether oxygens (including phenoxy) is 1. The van der Waals surface area contributed by atoms with Crippen molar-refractivity contribution in [2.75, 3.05) is 12.9 Å². The Morgan fingerprint density at radius 1 is 1.10 bits per heavy atom. The number of amides is 1. The molecule has 3 aromatic rings. The van der Waals surface area contributed by atoms with Gasteiger partial charge in [-0.1, -0.05) is 23.7 Å². The Hall–Kier alpha value is -2.83. The topological polar surface area (TPSA) is 41.9 Å². The van der Waals surface area contributed by atoms with Crippen LogP contribution >= 0.6 is 23.4 Å². The van der Waals surface area contributed by atoms with Gasteiger partial charge < -0.3 is 4.74 Å². The molecule has 1 heterocycles. The first-order chi connectivity index (χ1) is 15.0. The quantitative estimate of drug-likeness (QED) is 0.432. The van der Waals surface area contributed by atoms with Crippen molar-refractivity contribution < 1.29 is 13.9 Å². The van der Waals surface area contributed by atoms with Gasteiger partial charge in [0.25, 0.3) is 5.91 Å². The fourth-order valence-electron chi connectivity index (χ4n) is 3.38. The van der Waals surface area contributed by atoms with Crippen LogP contribution in [0.4, 0.5) is 4.39 Å². The molecule has 0 radical (unpaired) electrons. The van der Waals surface area contributed by atoms with E-state index in [0.717, 1.165) is 27.5 Å². The summed E-state index contributed by atoms with van der Waals surface area (Å²) < 4.78 is 18.7. The second-order valence-electron chi connectivity index (χ2n) is 7.03. The standard InChI is InChI=1S/C24H20ClFN2O2S/c1-30-20-10-4-16(5-11-20)22-14-23(17-2-8-19(26)9-3-17)28(27-22)24(29)15-31-21-12-6-18(25)7-13-21/h2-13,23H,14-15H2,1H3/t23-/m0/s1. The van der Waals surface area contributed by atoms with Crippen LogP contribution < -0.4 is 4.74 Å². The first-order valence-corrected chi connectivity index (χ1v) is 11.1. The van der Waals surface area contributed by atoms with Crippen molar-refractivity contribution in [2.24, 2.45) is 5.10 Å². The van der Waals surface area contributed by atoms with E-state index in [2.05, 4.69) is 5.10 Å². The van der Waals surface area contributed by atoms with E-state index in [1.165, 1.54) is 28.9 Å². The van der Waals surface area contributed by atoms with Crippen LogP contribution in [-0.2, 0) is 4.79 Å². The zero-order valence-electron chi connectivity index (χ0n) is 16.8. The molecule has 7 heteroatoms. The third-order valence-electron chi connectivity index (χ3n) is 5.02. The normalized spacial score (nSPS) is 15.6. The van der Waals surface area contributed by atoms with Crippen molar-refractivity contribution in [3.05, 3.63) is 94.8 Å². The minimum absolute atomic E-state index is 0.113. The minimum atomic E-state index is -0.311. The molecule has 0 aromatic heterocycles. The molecule has 0 spiro atoms. The molecule has 0 N–H and O–H groups in total. The van der Waals surface area contributed by atoms with Crippen LogP contribution in [0.25, 0.3) is 0 Å². The van der Waals surface area contributed by atoms with Crippen molar-refractivity contribution in [3.8, 4) is 5.75 Å². The number of thioether (sulfide) groups is 1. The average molecular weight is 455 g/mol. The summed E-state index contributed by atoms with van der Waals surface area (Å²) in [6.45, 7) is 0. The van der Waals surface area contributed by atoms with E-state index in [1.807, 2.05) is 36.4 Å². The summed E-state index contributed by atoms with van der Waals surface area (Å²) in [7, 11) is 1.62. The molecule has 4 rings (SSSR count). The molecule has 0 aliphatic carbocycles. The number of carbonyl (C=O) groups is 1. The Morgan fingerprint density at radius 3 is 2.42 bits per heavy atom. The largest absolute Gasteiger partial charge is 0.497 e. The van der Waals surface area contributed by atoms with E-state index in [1.54, 1.807) is 31.4 Å². The minimum Gasteiger partial charge on any atom is -0.497 e. The highest BCUT2D eigenvalue weighted by Crippen LogP contribution is 2.34. The summed E-state index contributed by atoms with van der Waals surface area (Å²) in [6, 6.07) is 20.9. The molecule has 0 saturated carbocycles. The highest BCUT2D eigenvalue weighted by atomic mass is 35.5. The Kier molecular flexibility index (Phi) is 6.59. The van der Waals surface area contributed by atoms with Crippen LogP contribution in [-0.4, -0.2) is 29.5 Å². The molecule has 1 aliphatic rings. The smallest absolute Gasteiger partial charge is 0.253 e. The van der Waals surface area contributed by atoms with E-state index in [0.29, 0.717) is 11.4 Å². The summed E-state index contributed by atoms with van der Waals surface area (Å²) >= 11 is 7.36. The maximum atomic E-state index is 13.4. The van der Waals surface area contributed by atoms with Gasteiger partial charge in [0.2, 0.25) is 0 Å². The molecule has 158 valence electrons. The van der Waals surface area contributed by atoms with E-state index >= 15 is 0 Å². The molecule has 31 heavy (non-hydrogen) atoms. The number of hydrazone groups is 1. The fourth-order valence-corrected chi connectivity index (χ4v) is 4.26. The van der Waals surface area contributed by atoms with Crippen molar-refractivity contribution in [1.82, 2.24) is 5.01 Å². The Morgan fingerprint density at radius 2 is 1.77 bits per heavy atom. The molecule has 1 amide bonds. The van der Waals surface area contributed by atoms with E-state index in [9.17, 15) is 9.18 Å². The Bertz CT molecular complexity index is 1090. The van der Waals surface area contributed by atoms with Gasteiger partial charge in [0.05, 0.1) is 24.6 Å². The van der Waals surface area contributed by atoms with Gasteiger partial charge in [-0.15, -0.1) is 11.8 Å². The van der Waals surface area contributed by atoms with Gasteiger partial charge >= 0.3 is 0 Å². The maximum Gasteiger partial charge on any atom is 0.253 e. The summed E-state index contributed by atoms with van der Waals surface area (Å²) in [4.78, 5) is 14.0. The molecule has 3 aromatic carbocycles. The molecule has 0 saturated heterocycles. The predicted molar refractivity (Wildman–Crippen MR) is 122 cm³/mol. The van der Waals surface area contributed by atoms with E-state index < -0.39 is 0 Å². The van der Waals surface area contributed by atoms with Crippen LogP contribution in [0.2, 0.25) is 5.02 Å². The lowest BCUT2D eigenvalue weighted by Crippen LogP contribution is -2.28. The highest BCUT2D eigenvalue weighted by molar-refractivity contribution is 8.00. The SMILES string of the molecule is COc1ccc(C2=NN(C(=O)CSc3ccc(Cl)cc3)[C@H](c3ccc(F)cc3)C2)cc1. The van der Waals surface area contributed by atoms with Gasteiger partial charge in [0.15, 0.2) is 0 Å².